The largest absolute Gasteiger partial charge is 0.357 e. The Balaban J connectivity index is 2.27. The van der Waals surface area contributed by atoms with E-state index in [1.165, 1.54) is 6.08 Å². The molecule has 0 bridgehead atoms. The van der Waals surface area contributed by atoms with Crippen LogP contribution >= 0.6 is 0 Å². The SMILES string of the molecule is Cc1c2ccn(C)cc2c(C)c2c3c(nc12)C=CC(=O)C3=O. The van der Waals surface area contributed by atoms with Crippen LogP contribution in [0.1, 0.15) is 27.2 Å². The van der Waals surface area contributed by atoms with Gasteiger partial charge in [-0.25, -0.2) is 4.98 Å². The van der Waals surface area contributed by atoms with Gasteiger partial charge in [-0.1, -0.05) is 0 Å². The molecule has 1 aliphatic carbocycles. The lowest BCUT2D eigenvalue weighted by atomic mass is 9.92. The van der Waals surface area contributed by atoms with E-state index < -0.39 is 11.6 Å². The third-order valence-electron chi connectivity index (χ3n) is 4.46. The van der Waals surface area contributed by atoms with Gasteiger partial charge in [0, 0.05) is 30.2 Å². The molecule has 108 valence electrons. The van der Waals surface area contributed by atoms with E-state index in [2.05, 4.69) is 11.1 Å². The molecule has 0 spiro atoms. The Hall–Kier alpha value is -2.75. The molecule has 0 N–H and O–H groups in total. The van der Waals surface area contributed by atoms with Crippen molar-refractivity contribution in [3.63, 3.8) is 0 Å². The molecule has 2 heterocycles. The van der Waals surface area contributed by atoms with Crippen LogP contribution in [0, 0.1) is 13.8 Å². The predicted octanol–water partition coefficient (Wildman–Crippen LogP) is 3.12. The number of nitrogens with zero attached hydrogens (tertiary/aromatic N) is 2. The molecule has 2 aromatic heterocycles. The van der Waals surface area contributed by atoms with Crippen LogP contribution in [0.15, 0.2) is 24.5 Å². The molecule has 0 radical (unpaired) electrons. The molecule has 4 rings (SSSR count). The van der Waals surface area contributed by atoms with E-state index in [1.807, 2.05) is 37.9 Å². The molecular weight excluding hydrogens is 276 g/mol. The third kappa shape index (κ3) is 1.49. The van der Waals surface area contributed by atoms with Crippen molar-refractivity contribution in [1.29, 1.82) is 0 Å². The lowest BCUT2D eigenvalue weighted by Crippen LogP contribution is -2.15. The molecule has 3 aromatic rings. The van der Waals surface area contributed by atoms with Crippen molar-refractivity contribution in [3.05, 3.63) is 46.9 Å². The summed E-state index contributed by atoms with van der Waals surface area (Å²) in [5, 5.41) is 3.02. The topological polar surface area (TPSA) is 52.0 Å². The maximum atomic E-state index is 12.3. The minimum absolute atomic E-state index is 0.455. The second-order valence-corrected chi connectivity index (χ2v) is 5.81. The first kappa shape index (κ1) is 13.0. The number of aromatic nitrogens is 2. The van der Waals surface area contributed by atoms with Gasteiger partial charge < -0.3 is 4.57 Å². The number of hydrogen-bond donors (Lipinski definition) is 0. The highest BCUT2D eigenvalue weighted by Crippen LogP contribution is 2.36. The van der Waals surface area contributed by atoms with Crippen LogP contribution < -0.4 is 0 Å². The summed E-state index contributed by atoms with van der Waals surface area (Å²) in [4.78, 5) is 28.7. The fraction of sp³-hybridized carbons (Fsp3) is 0.167. The van der Waals surface area contributed by atoms with Crippen LogP contribution in [0.3, 0.4) is 0 Å². The Morgan fingerprint density at radius 2 is 1.82 bits per heavy atom. The second kappa shape index (κ2) is 4.13. The van der Waals surface area contributed by atoms with E-state index in [0.29, 0.717) is 11.3 Å². The Bertz CT molecular complexity index is 1040. The van der Waals surface area contributed by atoms with E-state index >= 15 is 0 Å². The first-order chi connectivity index (χ1) is 10.5. The van der Waals surface area contributed by atoms with E-state index in [9.17, 15) is 9.59 Å². The summed E-state index contributed by atoms with van der Waals surface area (Å²) in [6.45, 7) is 4.00. The number of Topliss-reactive ketones (excluding diaryl/α,β-unsaturated/α-hetero) is 1. The molecule has 0 amide bonds. The van der Waals surface area contributed by atoms with Gasteiger partial charge in [0.2, 0.25) is 11.6 Å². The van der Waals surface area contributed by atoms with Gasteiger partial charge in [0.25, 0.3) is 0 Å². The zero-order valence-corrected chi connectivity index (χ0v) is 12.6. The number of benzene rings is 1. The van der Waals surface area contributed by atoms with Gasteiger partial charge in [0.05, 0.1) is 16.8 Å². The van der Waals surface area contributed by atoms with Gasteiger partial charge in [-0.2, -0.15) is 0 Å². The number of fused-ring (bicyclic) bond motifs is 4. The minimum atomic E-state index is -0.474. The van der Waals surface area contributed by atoms with E-state index in [4.69, 9.17) is 0 Å². The van der Waals surface area contributed by atoms with Gasteiger partial charge in [-0.3, -0.25) is 9.59 Å². The highest BCUT2D eigenvalue weighted by atomic mass is 16.2. The van der Waals surface area contributed by atoms with Crippen molar-refractivity contribution < 1.29 is 9.59 Å². The standard InChI is InChI=1S/C18H14N2O2/c1-9-12-8-20(3)7-6-11(12)10(2)17-15(9)16-13(19-17)4-5-14(21)18(16)22/h4-8H,1-3H3. The normalized spacial score (nSPS) is 14.1. The molecular formula is C18H14N2O2. The quantitative estimate of drug-likeness (QED) is 0.598. The van der Waals surface area contributed by atoms with Gasteiger partial charge in [0.15, 0.2) is 0 Å². The zero-order chi connectivity index (χ0) is 15.6. The molecule has 4 heteroatoms. The molecule has 0 aliphatic heterocycles. The molecule has 0 saturated heterocycles. The molecule has 4 nitrogen and oxygen atoms in total. The fourth-order valence-corrected chi connectivity index (χ4v) is 3.31. The minimum Gasteiger partial charge on any atom is -0.357 e. The van der Waals surface area contributed by atoms with Gasteiger partial charge in [-0.15, -0.1) is 0 Å². The summed E-state index contributed by atoms with van der Waals surface area (Å²) in [6, 6.07) is 2.06. The number of ketones is 2. The maximum absolute atomic E-state index is 12.3. The highest BCUT2D eigenvalue weighted by Gasteiger charge is 2.28. The summed E-state index contributed by atoms with van der Waals surface area (Å²) in [5.41, 5.74) is 3.91. The second-order valence-electron chi connectivity index (χ2n) is 5.81. The highest BCUT2D eigenvalue weighted by molar-refractivity contribution is 6.52. The van der Waals surface area contributed by atoms with E-state index in [0.717, 1.165) is 32.8 Å². The smallest absolute Gasteiger partial charge is 0.235 e. The van der Waals surface area contributed by atoms with Gasteiger partial charge >= 0.3 is 0 Å². The van der Waals surface area contributed by atoms with Crippen molar-refractivity contribution >= 4 is 39.3 Å². The number of rotatable bonds is 0. The number of pyridine rings is 1. The Kier molecular flexibility index (Phi) is 2.43. The number of hydrogen-bond acceptors (Lipinski definition) is 3. The lowest BCUT2D eigenvalue weighted by molar-refractivity contribution is -0.110. The monoisotopic (exact) mass is 290 g/mol. The summed E-state index contributed by atoms with van der Waals surface area (Å²) < 4.78 is 1.98. The molecule has 1 aliphatic rings. The van der Waals surface area contributed by atoms with Crippen molar-refractivity contribution in [2.45, 2.75) is 13.8 Å². The van der Waals surface area contributed by atoms with Crippen molar-refractivity contribution in [2.75, 3.05) is 0 Å². The summed E-state index contributed by atoms with van der Waals surface area (Å²) >= 11 is 0. The van der Waals surface area contributed by atoms with Gasteiger partial charge in [0.1, 0.15) is 0 Å². The number of aryl methyl sites for hydroxylation is 3. The Labute approximate surface area is 127 Å². The van der Waals surface area contributed by atoms with Crippen LogP contribution in [0.5, 0.6) is 0 Å². The Morgan fingerprint density at radius 1 is 1.05 bits per heavy atom. The number of carbonyl (C=O) groups excluding carboxylic acids is 2. The molecule has 0 atom stereocenters. The van der Waals surface area contributed by atoms with Crippen molar-refractivity contribution in [3.8, 4) is 0 Å². The first-order valence-electron chi connectivity index (χ1n) is 7.14. The summed E-state index contributed by atoms with van der Waals surface area (Å²) in [6.07, 6.45) is 6.99. The lowest BCUT2D eigenvalue weighted by Gasteiger charge is -2.11. The van der Waals surface area contributed by atoms with Crippen molar-refractivity contribution in [2.24, 2.45) is 7.05 Å². The number of allylic oxidation sites excluding steroid dienone is 1. The van der Waals surface area contributed by atoms with Crippen LogP contribution in [0.25, 0.3) is 27.8 Å². The first-order valence-corrected chi connectivity index (χ1v) is 7.14. The zero-order valence-electron chi connectivity index (χ0n) is 12.6. The molecule has 0 fully saturated rings. The average molecular weight is 290 g/mol. The molecule has 0 unspecified atom stereocenters. The van der Waals surface area contributed by atoms with Crippen LogP contribution in [-0.4, -0.2) is 21.1 Å². The van der Waals surface area contributed by atoms with Gasteiger partial charge in [-0.05, 0) is 48.6 Å². The molecule has 22 heavy (non-hydrogen) atoms. The predicted molar refractivity (Wildman–Crippen MR) is 86.1 cm³/mol. The third-order valence-corrected chi connectivity index (χ3v) is 4.46. The Morgan fingerprint density at radius 3 is 2.59 bits per heavy atom. The fourth-order valence-electron chi connectivity index (χ4n) is 3.31. The van der Waals surface area contributed by atoms with E-state index in [1.54, 1.807) is 6.08 Å². The van der Waals surface area contributed by atoms with Crippen LogP contribution in [0.4, 0.5) is 0 Å². The van der Waals surface area contributed by atoms with Crippen LogP contribution in [-0.2, 0) is 11.8 Å². The number of carbonyl (C=O) groups is 2. The molecule has 0 saturated carbocycles. The van der Waals surface area contributed by atoms with E-state index in [-0.39, 0.29) is 0 Å². The molecule has 1 aromatic carbocycles. The summed E-state index contributed by atoms with van der Waals surface area (Å²) in [5.74, 6) is -0.931. The maximum Gasteiger partial charge on any atom is 0.235 e. The average Bonchev–Trinajstić information content (AvgIpc) is 2.89. The summed E-state index contributed by atoms with van der Waals surface area (Å²) in [7, 11) is 1.97. The van der Waals surface area contributed by atoms with Crippen LogP contribution in [0.2, 0.25) is 0 Å². The van der Waals surface area contributed by atoms with Crippen molar-refractivity contribution in [1.82, 2.24) is 9.55 Å².